The summed E-state index contributed by atoms with van der Waals surface area (Å²) in [5.41, 5.74) is 0.785. The molecule has 0 radical (unpaired) electrons. The van der Waals surface area contributed by atoms with E-state index in [2.05, 4.69) is 5.16 Å². The Balaban J connectivity index is 1.66. The van der Waals surface area contributed by atoms with Crippen LogP contribution in [-0.2, 0) is 0 Å². The summed E-state index contributed by atoms with van der Waals surface area (Å²) in [6, 6.07) is 6.69. The minimum Gasteiger partial charge on any atom is -0.497 e. The lowest BCUT2D eigenvalue weighted by Gasteiger charge is -2.34. The smallest absolute Gasteiger partial charge is 0.276 e. The molecule has 1 saturated heterocycles. The zero-order chi connectivity index (χ0) is 18.7. The van der Waals surface area contributed by atoms with Gasteiger partial charge < -0.3 is 23.8 Å². The first-order valence-corrected chi connectivity index (χ1v) is 8.26. The summed E-state index contributed by atoms with van der Waals surface area (Å²) in [7, 11) is 3.08. The number of rotatable bonds is 4. The molecule has 8 heteroatoms. The Morgan fingerprint density at radius 1 is 0.923 bits per heavy atom. The standard InChI is InChI=1S/C18H21N3O5/c1-12-8-16(19-26-12)18(23)21-6-4-20(5-7-21)17(22)13-9-14(24-2)11-15(10-13)25-3/h8-11H,4-7H2,1-3H3. The molecule has 0 bridgehead atoms. The van der Waals surface area contributed by atoms with Gasteiger partial charge in [0.15, 0.2) is 5.69 Å². The molecule has 0 saturated carbocycles. The molecule has 1 aromatic heterocycles. The van der Waals surface area contributed by atoms with Gasteiger partial charge in [-0.2, -0.15) is 0 Å². The van der Waals surface area contributed by atoms with E-state index in [1.54, 1.807) is 55.2 Å². The minimum absolute atomic E-state index is 0.119. The van der Waals surface area contributed by atoms with Gasteiger partial charge in [-0.05, 0) is 19.1 Å². The molecule has 0 atom stereocenters. The van der Waals surface area contributed by atoms with E-state index in [0.717, 1.165) is 0 Å². The number of methoxy groups -OCH3 is 2. The number of hydrogen-bond acceptors (Lipinski definition) is 6. The number of hydrogen-bond donors (Lipinski definition) is 0. The van der Waals surface area contributed by atoms with Gasteiger partial charge in [-0.3, -0.25) is 9.59 Å². The Morgan fingerprint density at radius 2 is 1.46 bits per heavy atom. The highest BCUT2D eigenvalue weighted by atomic mass is 16.5. The molecule has 138 valence electrons. The van der Waals surface area contributed by atoms with Crippen molar-refractivity contribution in [3.8, 4) is 11.5 Å². The number of aryl methyl sites for hydroxylation is 1. The predicted molar refractivity (Wildman–Crippen MR) is 92.6 cm³/mol. The fraction of sp³-hybridized carbons (Fsp3) is 0.389. The van der Waals surface area contributed by atoms with Gasteiger partial charge >= 0.3 is 0 Å². The Hall–Kier alpha value is -3.03. The van der Waals surface area contributed by atoms with Crippen LogP contribution in [0.4, 0.5) is 0 Å². The topological polar surface area (TPSA) is 85.1 Å². The number of carbonyl (C=O) groups is 2. The maximum atomic E-state index is 12.8. The molecule has 0 N–H and O–H groups in total. The van der Waals surface area contributed by atoms with Gasteiger partial charge in [-0.1, -0.05) is 5.16 Å². The third-order valence-electron chi connectivity index (χ3n) is 4.30. The highest BCUT2D eigenvalue weighted by molar-refractivity contribution is 5.96. The number of ether oxygens (including phenoxy) is 2. The van der Waals surface area contributed by atoms with Crippen molar-refractivity contribution in [2.45, 2.75) is 6.92 Å². The number of piperazine rings is 1. The van der Waals surface area contributed by atoms with Crippen molar-refractivity contribution >= 4 is 11.8 Å². The van der Waals surface area contributed by atoms with Crippen molar-refractivity contribution in [3.63, 3.8) is 0 Å². The molecule has 0 unspecified atom stereocenters. The molecule has 8 nitrogen and oxygen atoms in total. The van der Waals surface area contributed by atoms with E-state index in [1.807, 2.05) is 0 Å². The number of amides is 2. The molecule has 1 fully saturated rings. The summed E-state index contributed by atoms with van der Waals surface area (Å²) < 4.78 is 15.4. The lowest BCUT2D eigenvalue weighted by atomic mass is 10.1. The molecule has 2 amide bonds. The van der Waals surface area contributed by atoms with Crippen LogP contribution < -0.4 is 9.47 Å². The summed E-state index contributed by atoms with van der Waals surface area (Å²) in [6.07, 6.45) is 0. The maximum Gasteiger partial charge on any atom is 0.276 e. The lowest BCUT2D eigenvalue weighted by Crippen LogP contribution is -2.50. The van der Waals surface area contributed by atoms with Crippen molar-refractivity contribution in [1.82, 2.24) is 15.0 Å². The van der Waals surface area contributed by atoms with Crippen molar-refractivity contribution < 1.29 is 23.6 Å². The second-order valence-electron chi connectivity index (χ2n) is 6.01. The van der Waals surface area contributed by atoms with Crippen molar-refractivity contribution in [2.75, 3.05) is 40.4 Å². The Bertz CT molecular complexity index is 787. The van der Waals surface area contributed by atoms with Gasteiger partial charge in [0.25, 0.3) is 11.8 Å². The highest BCUT2D eigenvalue weighted by Crippen LogP contribution is 2.24. The van der Waals surface area contributed by atoms with Crippen molar-refractivity contribution in [3.05, 3.63) is 41.3 Å². The van der Waals surface area contributed by atoms with E-state index < -0.39 is 0 Å². The highest BCUT2D eigenvalue weighted by Gasteiger charge is 2.27. The van der Waals surface area contributed by atoms with Crippen LogP contribution >= 0.6 is 0 Å². The molecule has 1 aliphatic heterocycles. The fourth-order valence-corrected chi connectivity index (χ4v) is 2.86. The molecule has 1 aromatic carbocycles. The molecule has 3 rings (SSSR count). The first kappa shape index (κ1) is 17.8. The SMILES string of the molecule is COc1cc(OC)cc(C(=O)N2CCN(C(=O)c3cc(C)on3)CC2)c1. The van der Waals surface area contributed by atoms with Crippen LogP contribution in [0, 0.1) is 6.92 Å². The predicted octanol–water partition coefficient (Wildman–Crippen LogP) is 1.60. The van der Waals surface area contributed by atoms with E-state index in [0.29, 0.717) is 54.7 Å². The molecule has 2 aromatic rings. The third-order valence-corrected chi connectivity index (χ3v) is 4.30. The summed E-state index contributed by atoms with van der Waals surface area (Å²) in [5.74, 6) is 1.41. The Kier molecular flexibility index (Phi) is 5.11. The summed E-state index contributed by atoms with van der Waals surface area (Å²) in [5, 5.41) is 3.76. The monoisotopic (exact) mass is 359 g/mol. The van der Waals surface area contributed by atoms with Gasteiger partial charge in [0.1, 0.15) is 17.3 Å². The van der Waals surface area contributed by atoms with Gasteiger partial charge in [-0.15, -0.1) is 0 Å². The minimum atomic E-state index is -0.183. The zero-order valence-electron chi connectivity index (χ0n) is 15.0. The van der Waals surface area contributed by atoms with E-state index in [9.17, 15) is 9.59 Å². The average molecular weight is 359 g/mol. The fourth-order valence-electron chi connectivity index (χ4n) is 2.86. The number of nitrogens with zero attached hydrogens (tertiary/aromatic N) is 3. The molecule has 0 spiro atoms. The van der Waals surface area contributed by atoms with Gasteiger partial charge in [0.05, 0.1) is 14.2 Å². The Labute approximate surface area is 151 Å². The lowest BCUT2D eigenvalue weighted by molar-refractivity contribution is 0.0529. The van der Waals surface area contributed by atoms with Gasteiger partial charge in [0.2, 0.25) is 0 Å². The van der Waals surface area contributed by atoms with Crippen LogP contribution in [0.15, 0.2) is 28.8 Å². The van der Waals surface area contributed by atoms with Crippen molar-refractivity contribution in [2.24, 2.45) is 0 Å². The van der Waals surface area contributed by atoms with E-state index >= 15 is 0 Å². The molecule has 2 heterocycles. The van der Waals surface area contributed by atoms with Crippen LogP contribution in [0.3, 0.4) is 0 Å². The van der Waals surface area contributed by atoms with Crippen LogP contribution in [-0.4, -0.2) is 67.2 Å². The normalized spacial score (nSPS) is 14.3. The summed E-state index contributed by atoms with van der Waals surface area (Å²) in [6.45, 7) is 3.51. The van der Waals surface area contributed by atoms with Gasteiger partial charge in [-0.25, -0.2) is 0 Å². The average Bonchev–Trinajstić information content (AvgIpc) is 3.12. The first-order chi connectivity index (χ1) is 12.5. The molecular formula is C18H21N3O5. The largest absolute Gasteiger partial charge is 0.497 e. The maximum absolute atomic E-state index is 12.8. The number of benzene rings is 1. The van der Waals surface area contributed by atoms with Crippen molar-refractivity contribution in [1.29, 1.82) is 0 Å². The quantitative estimate of drug-likeness (QED) is 0.824. The second kappa shape index (κ2) is 7.47. The van der Waals surface area contributed by atoms with Crippen LogP contribution in [0.2, 0.25) is 0 Å². The van der Waals surface area contributed by atoms with Crippen LogP contribution in [0.5, 0.6) is 11.5 Å². The number of carbonyl (C=O) groups excluding carboxylic acids is 2. The molecule has 0 aliphatic carbocycles. The third kappa shape index (κ3) is 3.63. The molecule has 1 aliphatic rings. The summed E-state index contributed by atoms with van der Waals surface area (Å²) in [4.78, 5) is 28.6. The first-order valence-electron chi connectivity index (χ1n) is 8.26. The zero-order valence-corrected chi connectivity index (χ0v) is 15.0. The van der Waals surface area contributed by atoms with E-state index in [-0.39, 0.29) is 11.8 Å². The molecule has 26 heavy (non-hydrogen) atoms. The summed E-state index contributed by atoms with van der Waals surface area (Å²) >= 11 is 0. The second-order valence-corrected chi connectivity index (χ2v) is 6.01. The van der Waals surface area contributed by atoms with E-state index in [1.165, 1.54) is 0 Å². The van der Waals surface area contributed by atoms with Crippen LogP contribution in [0.25, 0.3) is 0 Å². The number of aromatic nitrogens is 1. The van der Waals surface area contributed by atoms with Gasteiger partial charge in [0, 0.05) is 43.9 Å². The Morgan fingerprint density at radius 3 is 1.92 bits per heavy atom. The van der Waals surface area contributed by atoms with E-state index in [4.69, 9.17) is 14.0 Å². The molecular weight excluding hydrogens is 338 g/mol. The van der Waals surface area contributed by atoms with Crippen LogP contribution in [0.1, 0.15) is 26.6 Å².